The van der Waals surface area contributed by atoms with Crippen molar-refractivity contribution in [2.24, 2.45) is 17.6 Å². The van der Waals surface area contributed by atoms with Gasteiger partial charge in [-0.25, -0.2) is 4.79 Å². The SMILES string of the molecule is COc1ccc(NC(=O)Nc2cc(N(C)C)c3c(c2O)C(=O)C2=C(O)[C@]4(O)C(=O)C(C(N)=O)=C(O)[C@@H](N(C)C)[C@@H]4C[C@@H]2C3)cc1. The van der Waals surface area contributed by atoms with E-state index in [1.165, 1.54) is 18.1 Å². The maximum absolute atomic E-state index is 14.1. The average Bonchev–Trinajstić information content (AvgIpc) is 2.96. The highest BCUT2D eigenvalue weighted by atomic mass is 16.5. The van der Waals surface area contributed by atoms with Gasteiger partial charge in [0.25, 0.3) is 5.91 Å². The molecule has 5 rings (SSSR count). The highest BCUT2D eigenvalue weighted by molar-refractivity contribution is 6.25. The molecule has 3 amide bonds. The number of fused-ring (bicyclic) bond motifs is 3. The number of allylic oxidation sites excluding steroid dienone is 1. The van der Waals surface area contributed by atoms with Crippen molar-refractivity contribution in [2.45, 2.75) is 24.5 Å². The molecule has 0 aromatic heterocycles. The van der Waals surface area contributed by atoms with Crippen LogP contribution in [0.4, 0.5) is 21.9 Å². The summed E-state index contributed by atoms with van der Waals surface area (Å²) in [5.74, 6) is -6.94. The van der Waals surface area contributed by atoms with Gasteiger partial charge in [-0.3, -0.25) is 19.3 Å². The number of urea groups is 1. The lowest BCUT2D eigenvalue weighted by atomic mass is 9.58. The number of primary amides is 1. The van der Waals surface area contributed by atoms with E-state index in [1.54, 1.807) is 57.4 Å². The van der Waals surface area contributed by atoms with Crippen molar-refractivity contribution in [2.75, 3.05) is 50.8 Å². The molecule has 0 fully saturated rings. The van der Waals surface area contributed by atoms with Crippen LogP contribution in [0.15, 0.2) is 53.0 Å². The highest BCUT2D eigenvalue weighted by Crippen LogP contribution is 2.54. The van der Waals surface area contributed by atoms with Crippen LogP contribution in [0, 0.1) is 11.8 Å². The predicted molar refractivity (Wildman–Crippen MR) is 164 cm³/mol. The lowest BCUT2D eigenvalue weighted by molar-refractivity contribution is -0.148. The second-order valence-corrected chi connectivity index (χ2v) is 11.8. The zero-order valence-electron chi connectivity index (χ0n) is 25.3. The lowest BCUT2D eigenvalue weighted by Gasteiger charge is -2.50. The number of carbonyl (C=O) groups is 4. The Hall–Kier alpha value is -5.08. The van der Waals surface area contributed by atoms with Gasteiger partial charge in [0.1, 0.15) is 22.8 Å². The molecule has 2 aromatic carbocycles. The van der Waals surface area contributed by atoms with Crippen molar-refractivity contribution < 1.29 is 44.3 Å². The lowest BCUT2D eigenvalue weighted by Crippen LogP contribution is -2.63. The fourth-order valence-electron chi connectivity index (χ4n) is 6.75. The smallest absolute Gasteiger partial charge is 0.323 e. The van der Waals surface area contributed by atoms with Crippen LogP contribution in [-0.4, -0.2) is 95.8 Å². The quantitative estimate of drug-likeness (QED) is 0.182. The molecule has 3 aliphatic carbocycles. The van der Waals surface area contributed by atoms with E-state index < -0.39 is 69.8 Å². The van der Waals surface area contributed by atoms with Crippen LogP contribution in [0.3, 0.4) is 0 Å². The Kier molecular flexibility index (Phi) is 7.75. The molecule has 2 aromatic rings. The van der Waals surface area contributed by atoms with E-state index >= 15 is 0 Å². The van der Waals surface area contributed by atoms with Crippen LogP contribution in [-0.2, 0) is 16.0 Å². The molecule has 0 heterocycles. The number of aliphatic hydroxyl groups is 3. The number of phenols is 1. The number of nitrogens with two attached hydrogens (primary N) is 1. The molecule has 0 saturated heterocycles. The number of ether oxygens (including phenoxy) is 1. The Morgan fingerprint density at radius 2 is 1.69 bits per heavy atom. The topological polar surface area (TPSA) is 215 Å². The van der Waals surface area contributed by atoms with Crippen molar-refractivity contribution in [3.05, 3.63) is 64.1 Å². The zero-order valence-corrected chi connectivity index (χ0v) is 25.3. The summed E-state index contributed by atoms with van der Waals surface area (Å²) in [5, 5.41) is 50.8. The van der Waals surface area contributed by atoms with Gasteiger partial charge in [-0.15, -0.1) is 0 Å². The molecular formula is C31H35N5O9. The van der Waals surface area contributed by atoms with Crippen molar-refractivity contribution in [1.29, 1.82) is 0 Å². The predicted octanol–water partition coefficient (Wildman–Crippen LogP) is 1.84. The molecular weight excluding hydrogens is 586 g/mol. The van der Waals surface area contributed by atoms with Crippen LogP contribution in [0.5, 0.6) is 11.5 Å². The third-order valence-corrected chi connectivity index (χ3v) is 8.78. The minimum absolute atomic E-state index is 0.0380. The summed E-state index contributed by atoms with van der Waals surface area (Å²) in [6.45, 7) is 0. The van der Waals surface area contributed by atoms with Crippen LogP contribution >= 0.6 is 0 Å². The fourth-order valence-corrected chi connectivity index (χ4v) is 6.75. The highest BCUT2D eigenvalue weighted by Gasteiger charge is 2.63. The molecule has 4 atom stereocenters. The molecule has 0 bridgehead atoms. The molecule has 14 nitrogen and oxygen atoms in total. The molecule has 238 valence electrons. The van der Waals surface area contributed by atoms with Crippen LogP contribution in [0.25, 0.3) is 0 Å². The first-order valence-electron chi connectivity index (χ1n) is 14.1. The number of Topliss-reactive ketones (excluding diaryl/α,β-unsaturated/α-hetero) is 2. The third-order valence-electron chi connectivity index (χ3n) is 8.78. The number of rotatable bonds is 6. The van der Waals surface area contributed by atoms with Crippen LogP contribution in [0.2, 0.25) is 0 Å². The molecule has 14 heteroatoms. The standard InChI is InChI=1S/C31H35N5O9/c1-35(2)19-12-18(34-30(43)33-14-6-8-15(45-5)9-7-14)24(37)21-16(19)10-13-11-17-23(36(3)4)26(39)22(29(32)42)28(41)31(17,44)27(40)20(13)25(21)38/h6-9,12-13,17,23,37,39-40,44H,10-11H2,1-5H3,(H2,32,42)(H2,33,34,43)/t13-,17-,23-,31-/m0/s1. The maximum Gasteiger partial charge on any atom is 0.323 e. The van der Waals surface area contributed by atoms with Crippen molar-refractivity contribution in [1.82, 2.24) is 4.90 Å². The van der Waals surface area contributed by atoms with Crippen molar-refractivity contribution >= 4 is 40.6 Å². The van der Waals surface area contributed by atoms with E-state index in [1.807, 2.05) is 0 Å². The minimum Gasteiger partial charge on any atom is -0.510 e. The summed E-state index contributed by atoms with van der Waals surface area (Å²) < 4.78 is 5.12. The van der Waals surface area contributed by atoms with E-state index in [0.717, 1.165) is 0 Å². The first-order chi connectivity index (χ1) is 21.1. The Morgan fingerprint density at radius 1 is 1.04 bits per heavy atom. The van der Waals surface area contributed by atoms with Gasteiger partial charge >= 0.3 is 6.03 Å². The molecule has 3 aliphatic rings. The molecule has 0 radical (unpaired) electrons. The summed E-state index contributed by atoms with van der Waals surface area (Å²) in [4.78, 5) is 55.9. The first-order valence-corrected chi connectivity index (χ1v) is 14.1. The van der Waals surface area contributed by atoms with E-state index in [-0.39, 0.29) is 29.7 Å². The molecule has 0 aliphatic heterocycles. The van der Waals surface area contributed by atoms with Gasteiger partial charge in [0.2, 0.25) is 5.78 Å². The molecule has 0 spiro atoms. The summed E-state index contributed by atoms with van der Waals surface area (Å²) in [7, 11) is 8.08. The normalized spacial score (nSPS) is 24.1. The van der Waals surface area contributed by atoms with E-state index in [0.29, 0.717) is 22.7 Å². The Labute approximate surface area is 258 Å². The van der Waals surface area contributed by atoms with Gasteiger partial charge in [-0.1, -0.05) is 0 Å². The van der Waals surface area contributed by atoms with E-state index in [9.17, 15) is 39.6 Å². The number of hydrogen-bond acceptors (Lipinski definition) is 11. The van der Waals surface area contributed by atoms with Crippen LogP contribution in [0.1, 0.15) is 22.3 Å². The Morgan fingerprint density at radius 3 is 2.24 bits per heavy atom. The second-order valence-electron chi connectivity index (χ2n) is 11.8. The number of benzene rings is 2. The number of phenolic OH excluding ortho intramolecular Hbond substituents is 1. The van der Waals surface area contributed by atoms with Gasteiger partial charge in [-0.05, 0) is 68.8 Å². The fraction of sp³-hybridized carbons (Fsp3) is 0.355. The Bertz CT molecular complexity index is 1700. The summed E-state index contributed by atoms with van der Waals surface area (Å²) in [5.41, 5.74) is 2.49. The third kappa shape index (κ3) is 4.82. The number of methoxy groups -OCH3 is 1. The number of hydrogen-bond donors (Lipinski definition) is 7. The van der Waals surface area contributed by atoms with Gasteiger partial charge < -0.3 is 46.4 Å². The molecule has 0 saturated carbocycles. The monoisotopic (exact) mass is 621 g/mol. The van der Waals surface area contributed by atoms with Crippen LogP contribution < -0.4 is 26.0 Å². The molecule has 8 N–H and O–H groups in total. The van der Waals surface area contributed by atoms with Gasteiger partial charge in [-0.2, -0.15) is 0 Å². The van der Waals surface area contributed by atoms with Crippen molar-refractivity contribution in [3.8, 4) is 11.5 Å². The number of nitrogens with one attached hydrogen (secondary N) is 2. The minimum atomic E-state index is -2.75. The number of ketones is 2. The summed E-state index contributed by atoms with van der Waals surface area (Å²) in [6.07, 6.45) is 0.0671. The second kappa shape index (κ2) is 11.1. The first kappa shape index (κ1) is 31.3. The van der Waals surface area contributed by atoms with E-state index in [4.69, 9.17) is 10.5 Å². The zero-order chi connectivity index (χ0) is 33.1. The number of amides is 3. The molecule has 0 unspecified atom stereocenters. The number of aromatic hydroxyl groups is 1. The summed E-state index contributed by atoms with van der Waals surface area (Å²) in [6, 6.07) is 6.23. The number of nitrogens with zero attached hydrogens (tertiary/aromatic N) is 2. The van der Waals surface area contributed by atoms with Gasteiger partial charge in [0.05, 0.1) is 24.4 Å². The van der Waals surface area contributed by atoms with Gasteiger partial charge in [0.15, 0.2) is 17.1 Å². The maximum atomic E-state index is 14.1. The number of likely N-dealkylation sites (N-methyl/N-ethyl adjacent to an activating group) is 1. The van der Waals surface area contributed by atoms with Gasteiger partial charge in [0, 0.05) is 37.0 Å². The summed E-state index contributed by atoms with van der Waals surface area (Å²) >= 11 is 0. The van der Waals surface area contributed by atoms with Crippen molar-refractivity contribution in [3.63, 3.8) is 0 Å². The van der Waals surface area contributed by atoms with E-state index in [2.05, 4.69) is 10.6 Å². The Balaban J connectivity index is 1.60. The molecule has 45 heavy (non-hydrogen) atoms. The average molecular weight is 622 g/mol. The number of aliphatic hydroxyl groups excluding tert-OH is 2. The number of carbonyl (C=O) groups excluding carboxylic acids is 4. The number of anilines is 3. The largest absolute Gasteiger partial charge is 0.510 e.